The van der Waals surface area contributed by atoms with Crippen LogP contribution >= 0.6 is 11.6 Å². The summed E-state index contributed by atoms with van der Waals surface area (Å²) in [5.74, 6) is -0.410. The van der Waals surface area contributed by atoms with Crippen molar-refractivity contribution in [2.24, 2.45) is 0 Å². The molecule has 7 heteroatoms. The van der Waals surface area contributed by atoms with Gasteiger partial charge in [-0.25, -0.2) is 9.97 Å². The van der Waals surface area contributed by atoms with Gasteiger partial charge in [0.1, 0.15) is 17.7 Å². The van der Waals surface area contributed by atoms with Gasteiger partial charge in [-0.05, 0) is 63.9 Å². The van der Waals surface area contributed by atoms with Gasteiger partial charge >= 0.3 is 0 Å². The highest BCUT2D eigenvalue weighted by atomic mass is 35.5. The molecule has 1 aromatic carbocycles. The zero-order valence-electron chi connectivity index (χ0n) is 19.0. The van der Waals surface area contributed by atoms with Gasteiger partial charge in [-0.3, -0.25) is 14.6 Å². The largest absolute Gasteiger partial charge is 0.462 e. The third-order valence-corrected chi connectivity index (χ3v) is 5.01. The minimum absolute atomic E-state index is 0.0321. The molecule has 0 aliphatic rings. The van der Waals surface area contributed by atoms with E-state index in [0.717, 1.165) is 28.1 Å². The summed E-state index contributed by atoms with van der Waals surface area (Å²) in [7, 11) is 0. The quantitative estimate of drug-likeness (QED) is 0.483. The Morgan fingerprint density at radius 1 is 1.12 bits per heavy atom. The van der Waals surface area contributed by atoms with Crippen LogP contribution in [-0.2, 0) is 20.7 Å². The number of carbonyl (C=O) groups excluding carboxylic acids is 2. The van der Waals surface area contributed by atoms with E-state index in [2.05, 4.69) is 19.7 Å². The lowest BCUT2D eigenvalue weighted by Gasteiger charge is -2.19. The lowest BCUT2D eigenvalue weighted by molar-refractivity contribution is -0.138. The molecular formula is C25H28ClN3O3. The predicted octanol–water partition coefficient (Wildman–Crippen LogP) is 5.10. The molecule has 0 bridgehead atoms. The molecular weight excluding hydrogens is 426 g/mol. The molecule has 0 saturated carbocycles. The molecule has 3 aromatic rings. The van der Waals surface area contributed by atoms with E-state index in [-0.39, 0.29) is 11.4 Å². The average molecular weight is 454 g/mol. The Bertz CT molecular complexity index is 1050. The van der Waals surface area contributed by atoms with Crippen LogP contribution in [0.25, 0.3) is 0 Å². The molecule has 0 spiro atoms. The van der Waals surface area contributed by atoms with Crippen LogP contribution in [0.5, 0.6) is 0 Å². The molecule has 168 valence electrons. The molecule has 2 heterocycles. The number of aryl methyl sites for hydroxylation is 1. The van der Waals surface area contributed by atoms with Crippen LogP contribution in [-0.4, -0.2) is 32.8 Å². The van der Waals surface area contributed by atoms with Crippen molar-refractivity contribution in [3.05, 3.63) is 88.2 Å². The fourth-order valence-electron chi connectivity index (χ4n) is 3.10. The maximum Gasteiger partial charge on any atom is 0.293 e. The van der Waals surface area contributed by atoms with Crippen LogP contribution in [0.2, 0.25) is 5.02 Å². The Morgan fingerprint density at radius 2 is 1.78 bits per heavy atom. The van der Waals surface area contributed by atoms with E-state index in [1.165, 1.54) is 6.33 Å². The first kappa shape index (κ1) is 25.1. The fraction of sp³-hybridized carbons (Fsp3) is 0.320. The van der Waals surface area contributed by atoms with Gasteiger partial charge in [0.15, 0.2) is 0 Å². The van der Waals surface area contributed by atoms with Gasteiger partial charge in [0.05, 0.1) is 11.6 Å². The first-order valence-electron chi connectivity index (χ1n) is 10.2. The fourth-order valence-corrected chi connectivity index (χ4v) is 3.31. The number of halogens is 1. The summed E-state index contributed by atoms with van der Waals surface area (Å²) < 4.78 is 4.55. The van der Waals surface area contributed by atoms with Gasteiger partial charge < -0.3 is 4.74 Å². The predicted molar refractivity (Wildman–Crippen MR) is 125 cm³/mol. The zero-order chi connectivity index (χ0) is 23.7. The Kier molecular flexibility index (Phi) is 9.02. The van der Waals surface area contributed by atoms with Crippen LogP contribution in [0.4, 0.5) is 0 Å². The van der Waals surface area contributed by atoms with Crippen molar-refractivity contribution in [2.45, 2.75) is 52.6 Å². The van der Waals surface area contributed by atoms with Crippen molar-refractivity contribution >= 4 is 23.9 Å². The minimum Gasteiger partial charge on any atom is -0.462 e. The van der Waals surface area contributed by atoms with Crippen molar-refractivity contribution in [3.63, 3.8) is 0 Å². The van der Waals surface area contributed by atoms with Crippen LogP contribution < -0.4 is 0 Å². The average Bonchev–Trinajstić information content (AvgIpc) is 2.72. The highest BCUT2D eigenvalue weighted by Gasteiger charge is 2.25. The molecule has 0 aliphatic heterocycles. The van der Waals surface area contributed by atoms with Crippen molar-refractivity contribution < 1.29 is 14.3 Å². The number of nitrogens with zero attached hydrogens (tertiary/aromatic N) is 3. The summed E-state index contributed by atoms with van der Waals surface area (Å²) in [6.07, 6.45) is 5.47. The third-order valence-electron chi connectivity index (χ3n) is 4.64. The van der Waals surface area contributed by atoms with Crippen LogP contribution in [0.15, 0.2) is 55.1 Å². The molecule has 0 N–H and O–H groups in total. The van der Waals surface area contributed by atoms with Gasteiger partial charge in [-0.1, -0.05) is 29.8 Å². The molecule has 1 atom stereocenters. The Labute approximate surface area is 194 Å². The first-order chi connectivity index (χ1) is 15.1. The molecule has 2 aromatic heterocycles. The van der Waals surface area contributed by atoms with Crippen LogP contribution in [0.1, 0.15) is 61.7 Å². The third kappa shape index (κ3) is 7.24. The highest BCUT2D eigenvalue weighted by molar-refractivity contribution is 6.31. The molecule has 32 heavy (non-hydrogen) atoms. The Morgan fingerprint density at radius 3 is 2.31 bits per heavy atom. The number of aromatic nitrogens is 3. The molecule has 0 aliphatic carbocycles. The van der Waals surface area contributed by atoms with E-state index < -0.39 is 5.92 Å². The molecule has 3 rings (SSSR count). The number of ketones is 1. The van der Waals surface area contributed by atoms with Crippen molar-refractivity contribution in [1.82, 2.24) is 15.0 Å². The molecule has 0 amide bonds. The summed E-state index contributed by atoms with van der Waals surface area (Å²) >= 11 is 6.32. The SMILES string of the molecule is CC(=O)C(c1ccncc1)c1ncnc(C)c1Cc1ccccc1Cl.CC(C)(C)OC=O. The second-order valence-corrected chi connectivity index (χ2v) is 8.65. The van der Waals surface area contributed by atoms with E-state index in [0.29, 0.717) is 17.9 Å². The smallest absolute Gasteiger partial charge is 0.293 e. The van der Waals surface area contributed by atoms with E-state index in [1.54, 1.807) is 19.3 Å². The minimum atomic E-state index is -0.442. The topological polar surface area (TPSA) is 82.0 Å². The zero-order valence-corrected chi connectivity index (χ0v) is 19.8. The number of pyridine rings is 1. The number of carbonyl (C=O) groups is 2. The number of hydrogen-bond acceptors (Lipinski definition) is 6. The normalized spacial score (nSPS) is 11.7. The lowest BCUT2D eigenvalue weighted by atomic mass is 9.87. The van der Waals surface area contributed by atoms with E-state index in [4.69, 9.17) is 11.6 Å². The van der Waals surface area contributed by atoms with E-state index in [9.17, 15) is 9.59 Å². The Balaban J connectivity index is 0.000000451. The van der Waals surface area contributed by atoms with Crippen molar-refractivity contribution in [2.75, 3.05) is 0 Å². The molecule has 0 fully saturated rings. The number of rotatable bonds is 6. The monoisotopic (exact) mass is 453 g/mol. The number of benzene rings is 1. The summed E-state index contributed by atoms with van der Waals surface area (Å²) in [6, 6.07) is 11.4. The Hall–Kier alpha value is -3.12. The van der Waals surface area contributed by atoms with E-state index in [1.807, 2.05) is 64.1 Å². The maximum absolute atomic E-state index is 12.4. The van der Waals surface area contributed by atoms with Crippen LogP contribution in [0.3, 0.4) is 0 Å². The molecule has 1 unspecified atom stereocenters. The van der Waals surface area contributed by atoms with Crippen molar-refractivity contribution in [1.29, 1.82) is 0 Å². The van der Waals surface area contributed by atoms with E-state index >= 15 is 0 Å². The summed E-state index contributed by atoms with van der Waals surface area (Å²) in [5, 5.41) is 0.694. The highest BCUT2D eigenvalue weighted by Crippen LogP contribution is 2.30. The first-order valence-corrected chi connectivity index (χ1v) is 10.6. The number of hydrogen-bond donors (Lipinski definition) is 0. The molecule has 0 saturated heterocycles. The molecule has 6 nitrogen and oxygen atoms in total. The summed E-state index contributed by atoms with van der Waals surface area (Å²) in [5.41, 5.74) is 4.06. The van der Waals surface area contributed by atoms with Gasteiger partial charge in [-0.15, -0.1) is 0 Å². The number of ether oxygens (including phenoxy) is 1. The van der Waals surface area contributed by atoms with Crippen molar-refractivity contribution in [3.8, 4) is 0 Å². The lowest BCUT2D eigenvalue weighted by Crippen LogP contribution is -2.17. The summed E-state index contributed by atoms with van der Waals surface area (Å²) in [4.78, 5) is 34.8. The maximum atomic E-state index is 12.4. The van der Waals surface area contributed by atoms with Crippen LogP contribution in [0, 0.1) is 6.92 Å². The van der Waals surface area contributed by atoms with Gasteiger partial charge in [0.2, 0.25) is 0 Å². The van der Waals surface area contributed by atoms with Gasteiger partial charge in [-0.2, -0.15) is 0 Å². The molecule has 0 radical (unpaired) electrons. The summed E-state index contributed by atoms with van der Waals surface area (Å²) in [6.45, 7) is 9.44. The number of Topliss-reactive ketones (excluding diaryl/α,β-unsaturated/α-hetero) is 1. The van der Waals surface area contributed by atoms with Gasteiger partial charge in [0, 0.05) is 35.1 Å². The standard InChI is InChI=1S/C20H18ClN3O.C5H10O2/c1-13-17(11-16-5-3-4-6-18(16)21)20(24-12-23-13)19(14(2)25)15-7-9-22-10-8-15;1-5(2,3)7-4-6/h3-10,12,19H,11H2,1-2H3;4H,1-3H3. The second kappa shape index (κ2) is 11.5. The second-order valence-electron chi connectivity index (χ2n) is 8.24. The van der Waals surface area contributed by atoms with Gasteiger partial charge in [0.25, 0.3) is 6.47 Å².